The van der Waals surface area contributed by atoms with Gasteiger partial charge in [-0.05, 0) is 30.8 Å². The number of nitrogens with one attached hydrogen (secondary N) is 1. The fraction of sp³-hybridized carbons (Fsp3) is 0.900. The zero-order valence-corrected chi connectivity index (χ0v) is 11.6. The number of ether oxygens (including phenoxy) is 1. The van der Waals surface area contributed by atoms with Crippen LogP contribution >= 0.6 is 11.8 Å². The van der Waals surface area contributed by atoms with Crippen LogP contribution in [0.15, 0.2) is 0 Å². The van der Waals surface area contributed by atoms with Crippen molar-refractivity contribution in [1.82, 2.24) is 4.72 Å². The summed E-state index contributed by atoms with van der Waals surface area (Å²) in [4.78, 5) is 10.8. The van der Waals surface area contributed by atoms with Gasteiger partial charge >= 0.3 is 5.97 Å². The maximum absolute atomic E-state index is 11.7. The van der Waals surface area contributed by atoms with E-state index >= 15 is 0 Å². The van der Waals surface area contributed by atoms with Gasteiger partial charge in [0, 0.05) is 12.5 Å². The van der Waals surface area contributed by atoms with E-state index in [0.717, 1.165) is 24.3 Å². The van der Waals surface area contributed by atoms with Gasteiger partial charge in [0.05, 0.1) is 12.9 Å². The summed E-state index contributed by atoms with van der Waals surface area (Å²) < 4.78 is 30.5. The minimum Gasteiger partial charge on any atom is -0.469 e. The third-order valence-electron chi connectivity index (χ3n) is 2.59. The zero-order valence-electron chi connectivity index (χ0n) is 9.98. The second-order valence-electron chi connectivity index (χ2n) is 4.00. The highest BCUT2D eigenvalue weighted by atomic mass is 32.2. The Kier molecular flexibility index (Phi) is 6.29. The Labute approximate surface area is 107 Å². The van der Waals surface area contributed by atoms with E-state index in [2.05, 4.69) is 9.46 Å². The Hall–Kier alpha value is -0.270. The van der Waals surface area contributed by atoms with Gasteiger partial charge in [0.2, 0.25) is 10.0 Å². The van der Waals surface area contributed by atoms with E-state index in [9.17, 15) is 13.2 Å². The molecule has 1 rings (SSSR count). The highest BCUT2D eigenvalue weighted by molar-refractivity contribution is 7.99. The molecule has 0 atom stereocenters. The molecular weight excluding hydrogens is 262 g/mol. The number of thioether (sulfide) groups is 1. The molecule has 0 amide bonds. The van der Waals surface area contributed by atoms with Gasteiger partial charge in [-0.15, -0.1) is 0 Å². The molecule has 1 fully saturated rings. The van der Waals surface area contributed by atoms with Crippen molar-refractivity contribution in [2.24, 2.45) is 0 Å². The number of carbonyl (C=O) groups is 1. The Balaban J connectivity index is 2.27. The summed E-state index contributed by atoms with van der Waals surface area (Å²) in [5, 5.41) is 0. The molecule has 5 nitrogen and oxygen atoms in total. The van der Waals surface area contributed by atoms with Gasteiger partial charge in [0.25, 0.3) is 0 Å². The van der Waals surface area contributed by atoms with Crippen LogP contribution in [0.4, 0.5) is 0 Å². The lowest BCUT2D eigenvalue weighted by molar-refractivity contribution is -0.140. The van der Waals surface area contributed by atoms with E-state index in [1.807, 2.05) is 11.8 Å². The molecule has 0 unspecified atom stereocenters. The summed E-state index contributed by atoms with van der Waals surface area (Å²) in [5.41, 5.74) is 0. The Morgan fingerprint density at radius 2 is 2.06 bits per heavy atom. The minimum absolute atomic E-state index is 0.00819. The van der Waals surface area contributed by atoms with E-state index < -0.39 is 10.0 Å². The molecule has 1 aliphatic rings. The quantitative estimate of drug-likeness (QED) is 0.728. The Morgan fingerprint density at radius 3 is 2.65 bits per heavy atom. The normalized spacial score (nSPS) is 17.9. The minimum atomic E-state index is -3.25. The number of rotatable bonds is 6. The molecule has 1 aliphatic heterocycles. The summed E-state index contributed by atoms with van der Waals surface area (Å²) >= 11 is 1.85. The molecule has 100 valence electrons. The fourth-order valence-electron chi connectivity index (χ4n) is 1.64. The number of sulfonamides is 1. The predicted molar refractivity (Wildman–Crippen MR) is 68.5 cm³/mol. The largest absolute Gasteiger partial charge is 0.469 e. The molecule has 0 aromatic rings. The number of hydrogen-bond donors (Lipinski definition) is 1. The van der Waals surface area contributed by atoms with Crippen molar-refractivity contribution in [2.75, 3.05) is 24.4 Å². The van der Waals surface area contributed by atoms with E-state index in [0.29, 0.717) is 6.42 Å². The van der Waals surface area contributed by atoms with Crippen LogP contribution in [0.3, 0.4) is 0 Å². The first-order valence-corrected chi connectivity index (χ1v) is 8.49. The molecule has 7 heteroatoms. The van der Waals surface area contributed by atoms with Crippen LogP contribution < -0.4 is 4.72 Å². The predicted octanol–water partition coefficient (Wildman–Crippen LogP) is 0.755. The summed E-state index contributed by atoms with van der Waals surface area (Å²) in [6.07, 6.45) is 2.24. The standard InChI is InChI=1S/C10H19NO4S2/c1-15-10(12)3-2-8-17(13,14)11-9-4-6-16-7-5-9/h9,11H,2-8H2,1H3. The van der Waals surface area contributed by atoms with Gasteiger partial charge in [0.1, 0.15) is 0 Å². The van der Waals surface area contributed by atoms with Gasteiger partial charge in [-0.1, -0.05) is 0 Å². The van der Waals surface area contributed by atoms with E-state index in [-0.39, 0.29) is 24.2 Å². The zero-order chi connectivity index (χ0) is 12.7. The van der Waals surface area contributed by atoms with Crippen LogP contribution in [0.1, 0.15) is 25.7 Å². The van der Waals surface area contributed by atoms with Crippen LogP contribution in [0.5, 0.6) is 0 Å². The van der Waals surface area contributed by atoms with Gasteiger partial charge in [-0.2, -0.15) is 11.8 Å². The second kappa shape index (κ2) is 7.23. The summed E-state index contributed by atoms with van der Waals surface area (Å²) in [7, 11) is -1.95. The molecule has 0 aromatic carbocycles. The molecule has 0 radical (unpaired) electrons. The first-order valence-electron chi connectivity index (χ1n) is 5.68. The second-order valence-corrected chi connectivity index (χ2v) is 7.10. The maximum atomic E-state index is 11.7. The first kappa shape index (κ1) is 14.8. The summed E-state index contributed by atoms with van der Waals surface area (Å²) in [5.74, 6) is 1.64. The number of esters is 1. The van der Waals surface area contributed by atoms with Gasteiger partial charge in [-0.25, -0.2) is 13.1 Å². The van der Waals surface area contributed by atoms with Crippen molar-refractivity contribution in [2.45, 2.75) is 31.7 Å². The molecule has 1 saturated heterocycles. The maximum Gasteiger partial charge on any atom is 0.305 e. The fourth-order valence-corrected chi connectivity index (χ4v) is 4.13. The topological polar surface area (TPSA) is 72.5 Å². The highest BCUT2D eigenvalue weighted by Gasteiger charge is 2.20. The van der Waals surface area contributed by atoms with E-state index in [4.69, 9.17) is 0 Å². The number of hydrogen-bond acceptors (Lipinski definition) is 5. The van der Waals surface area contributed by atoms with Crippen molar-refractivity contribution < 1.29 is 17.9 Å². The van der Waals surface area contributed by atoms with Crippen LogP contribution in [0.2, 0.25) is 0 Å². The van der Waals surface area contributed by atoms with Crippen LogP contribution in [-0.2, 0) is 19.6 Å². The van der Waals surface area contributed by atoms with Gasteiger partial charge in [-0.3, -0.25) is 4.79 Å². The van der Waals surface area contributed by atoms with Crippen molar-refractivity contribution in [3.8, 4) is 0 Å². The van der Waals surface area contributed by atoms with E-state index in [1.54, 1.807) is 0 Å². The van der Waals surface area contributed by atoms with Crippen LogP contribution in [0, 0.1) is 0 Å². The van der Waals surface area contributed by atoms with Crippen molar-refractivity contribution in [3.63, 3.8) is 0 Å². The molecule has 0 spiro atoms. The molecule has 0 saturated carbocycles. The molecule has 1 N–H and O–H groups in total. The summed E-state index contributed by atoms with van der Waals surface area (Å²) in [6, 6.07) is 0.0689. The van der Waals surface area contributed by atoms with E-state index in [1.165, 1.54) is 7.11 Å². The molecule has 17 heavy (non-hydrogen) atoms. The average Bonchev–Trinajstić information content (AvgIpc) is 2.29. The SMILES string of the molecule is COC(=O)CCCS(=O)(=O)NC1CCSCC1. The molecule has 0 aromatic heterocycles. The monoisotopic (exact) mass is 281 g/mol. The lowest BCUT2D eigenvalue weighted by Crippen LogP contribution is -2.38. The van der Waals surface area contributed by atoms with Crippen molar-refractivity contribution in [3.05, 3.63) is 0 Å². The highest BCUT2D eigenvalue weighted by Crippen LogP contribution is 2.17. The molecule has 1 heterocycles. The van der Waals surface area contributed by atoms with Crippen molar-refractivity contribution >= 4 is 27.8 Å². The van der Waals surface area contributed by atoms with Gasteiger partial charge in [0.15, 0.2) is 0 Å². The molecule has 0 bridgehead atoms. The van der Waals surface area contributed by atoms with Gasteiger partial charge < -0.3 is 4.74 Å². The lowest BCUT2D eigenvalue weighted by Gasteiger charge is -2.22. The summed E-state index contributed by atoms with van der Waals surface area (Å²) in [6.45, 7) is 0. The number of methoxy groups -OCH3 is 1. The van der Waals surface area contributed by atoms with Crippen LogP contribution in [0.25, 0.3) is 0 Å². The third-order valence-corrected chi connectivity index (χ3v) is 5.16. The van der Waals surface area contributed by atoms with Crippen molar-refractivity contribution in [1.29, 1.82) is 0 Å². The smallest absolute Gasteiger partial charge is 0.305 e. The number of carbonyl (C=O) groups excluding carboxylic acids is 1. The molecular formula is C10H19NO4S2. The average molecular weight is 281 g/mol. The molecule has 0 aliphatic carbocycles. The third kappa shape index (κ3) is 6.28. The van der Waals surface area contributed by atoms with Crippen LogP contribution in [-0.4, -0.2) is 44.8 Å². The first-order chi connectivity index (χ1) is 8.03. The Bertz CT molecular complexity index is 336. The Morgan fingerprint density at radius 1 is 1.41 bits per heavy atom. The lowest BCUT2D eigenvalue weighted by atomic mass is 10.2.